The molecule has 0 saturated heterocycles. The molecule has 0 spiro atoms. The van der Waals surface area contributed by atoms with Gasteiger partial charge in [0.2, 0.25) is 14.2 Å². The molecule has 0 unspecified atom stereocenters. The van der Waals surface area contributed by atoms with E-state index in [0.29, 0.717) is 0 Å². The Hall–Kier alpha value is -0.620. The first kappa shape index (κ1) is 6.50. The van der Waals surface area contributed by atoms with Gasteiger partial charge in [-0.3, -0.25) is 0 Å². The predicted octanol–water partition coefficient (Wildman–Crippen LogP) is -0.953. The fourth-order valence-corrected chi connectivity index (χ4v) is 1.46. The van der Waals surface area contributed by atoms with Crippen LogP contribution in [0.4, 0.5) is 0 Å². The monoisotopic (exact) mass is 164 g/mol. The van der Waals surface area contributed by atoms with Crippen molar-refractivity contribution in [3.05, 3.63) is 11.2 Å². The highest BCUT2D eigenvalue weighted by Crippen LogP contribution is 2.03. The summed E-state index contributed by atoms with van der Waals surface area (Å²) >= 11 is 4.40. The van der Waals surface area contributed by atoms with Gasteiger partial charge < -0.3 is 11.1 Å². The van der Waals surface area contributed by atoms with Crippen molar-refractivity contribution in [2.75, 3.05) is 0 Å². The van der Waals surface area contributed by atoms with Crippen LogP contribution in [0, 0.1) is 0 Å². The molecule has 0 saturated carbocycles. The Morgan fingerprint density at radius 2 is 2.22 bits per heavy atom. The quantitative estimate of drug-likeness (QED) is 0.451. The molecule has 0 aromatic carbocycles. The van der Waals surface area contributed by atoms with Gasteiger partial charge in [-0.1, -0.05) is 0 Å². The largest absolute Gasteiger partial charge is 0.385 e. The lowest BCUT2D eigenvalue weighted by atomic mass is 10.8. The van der Waals surface area contributed by atoms with Gasteiger partial charge in [-0.05, 0) is 12.2 Å². The highest BCUT2D eigenvalue weighted by molar-refractivity contribution is 8.19. The molecule has 0 aliphatic carbocycles. The zero-order valence-corrected chi connectivity index (χ0v) is 5.92. The molecule has 50 valence electrons. The van der Waals surface area contributed by atoms with E-state index in [9.17, 15) is 8.42 Å². The van der Waals surface area contributed by atoms with E-state index in [1.807, 2.05) is 0 Å². The van der Waals surface area contributed by atoms with Crippen LogP contribution in [0.5, 0.6) is 0 Å². The molecule has 0 aromatic rings. The van der Waals surface area contributed by atoms with Crippen molar-refractivity contribution < 1.29 is 8.42 Å². The van der Waals surface area contributed by atoms with Gasteiger partial charge in [0, 0.05) is 0 Å². The normalized spacial score (nSPS) is 23.1. The smallest absolute Gasteiger partial charge is 0.229 e. The van der Waals surface area contributed by atoms with E-state index in [-0.39, 0.29) is 10.1 Å². The lowest BCUT2D eigenvalue weighted by Gasteiger charge is -1.90. The first-order chi connectivity index (χ1) is 4.02. The Morgan fingerprint density at radius 1 is 1.67 bits per heavy atom. The molecule has 6 heteroatoms. The summed E-state index contributed by atoms with van der Waals surface area (Å²) in [5.74, 6) is 0.0833. The van der Waals surface area contributed by atoms with Crippen molar-refractivity contribution in [3.8, 4) is 0 Å². The second-order valence-corrected chi connectivity index (χ2v) is 3.93. The molecule has 0 bridgehead atoms. The maximum absolute atomic E-state index is 10.6. The molecule has 1 aliphatic rings. The van der Waals surface area contributed by atoms with Crippen LogP contribution in [0.25, 0.3) is 0 Å². The van der Waals surface area contributed by atoms with E-state index in [4.69, 9.17) is 5.73 Å². The summed E-state index contributed by atoms with van der Waals surface area (Å²) in [7, 11) is -3.34. The third-order valence-electron chi connectivity index (χ3n) is 0.787. The number of nitrogens with one attached hydrogen (secondary N) is 1. The molecule has 0 atom stereocenters. The summed E-state index contributed by atoms with van der Waals surface area (Å²) in [6, 6.07) is 0. The molecule has 0 amide bonds. The number of nitrogens with two attached hydrogens (primary N) is 1. The van der Waals surface area contributed by atoms with Gasteiger partial charge in [0.15, 0.2) is 0 Å². The van der Waals surface area contributed by atoms with E-state index < -0.39 is 9.84 Å². The van der Waals surface area contributed by atoms with E-state index in [1.54, 1.807) is 0 Å². The zero-order chi connectivity index (χ0) is 7.07. The zero-order valence-electron chi connectivity index (χ0n) is 4.29. The van der Waals surface area contributed by atoms with Crippen molar-refractivity contribution in [1.82, 2.24) is 5.32 Å². The summed E-state index contributed by atoms with van der Waals surface area (Å²) in [5, 5.41) is 3.19. The molecule has 4 nitrogen and oxygen atoms in total. The van der Waals surface area contributed by atoms with Gasteiger partial charge in [0.1, 0.15) is 5.82 Å². The van der Waals surface area contributed by atoms with Crippen LogP contribution < -0.4 is 11.1 Å². The molecule has 0 fully saturated rings. The number of sulfone groups is 1. The molecule has 9 heavy (non-hydrogen) atoms. The molecule has 0 aromatic heterocycles. The average molecular weight is 164 g/mol. The van der Waals surface area contributed by atoms with E-state index >= 15 is 0 Å². The number of thiocarbonyl (C=S) groups is 1. The minimum atomic E-state index is -3.34. The van der Waals surface area contributed by atoms with Crippen molar-refractivity contribution in [2.45, 2.75) is 0 Å². The molecule has 1 heterocycles. The Bertz CT molecular complexity index is 276. The van der Waals surface area contributed by atoms with Gasteiger partial charge in [-0.25, -0.2) is 8.42 Å². The Balaban J connectivity index is 3.19. The van der Waals surface area contributed by atoms with Gasteiger partial charge in [0.25, 0.3) is 0 Å². The van der Waals surface area contributed by atoms with Crippen LogP contribution in [-0.2, 0) is 9.84 Å². The number of hydrogen-bond acceptors (Lipinski definition) is 4. The second kappa shape index (κ2) is 1.68. The fourth-order valence-electron chi connectivity index (χ4n) is 0.439. The van der Waals surface area contributed by atoms with E-state index in [0.717, 1.165) is 5.41 Å². The summed E-state index contributed by atoms with van der Waals surface area (Å²) in [6.45, 7) is 0. The topological polar surface area (TPSA) is 72.2 Å². The SMILES string of the molecule is NC1=CS(=O)(=O)C(=S)N1. The fraction of sp³-hybridized carbons (Fsp3) is 0. The van der Waals surface area contributed by atoms with Crippen LogP contribution in [0.2, 0.25) is 0 Å². The molecular formula is C3H4N2O2S2. The highest BCUT2D eigenvalue weighted by Gasteiger charge is 2.22. The molecule has 1 aliphatic heterocycles. The van der Waals surface area contributed by atoms with Gasteiger partial charge in [-0.2, -0.15) is 0 Å². The Kier molecular flexibility index (Phi) is 1.21. The maximum Gasteiger partial charge on any atom is 0.229 e. The number of hydrogen-bond donors (Lipinski definition) is 2. The lowest BCUT2D eigenvalue weighted by molar-refractivity contribution is 0.615. The molecule has 0 radical (unpaired) electrons. The van der Waals surface area contributed by atoms with Crippen molar-refractivity contribution in [2.24, 2.45) is 5.73 Å². The lowest BCUT2D eigenvalue weighted by Crippen LogP contribution is -2.22. The van der Waals surface area contributed by atoms with Crippen LogP contribution in [0.15, 0.2) is 11.2 Å². The third kappa shape index (κ3) is 1.03. The molecular weight excluding hydrogens is 160 g/mol. The minimum absolute atomic E-state index is 0.0833. The van der Waals surface area contributed by atoms with Gasteiger partial charge in [-0.15, -0.1) is 0 Å². The van der Waals surface area contributed by atoms with E-state index in [2.05, 4.69) is 17.5 Å². The Morgan fingerprint density at radius 3 is 2.33 bits per heavy atom. The maximum atomic E-state index is 10.6. The summed E-state index contributed by atoms with van der Waals surface area (Å²) in [6.07, 6.45) is 0. The molecule has 3 N–H and O–H groups in total. The van der Waals surface area contributed by atoms with Crippen LogP contribution in [0.1, 0.15) is 0 Å². The number of rotatable bonds is 0. The standard InChI is InChI=1S/C3H4N2O2S2/c4-2-1-9(6,7)3(8)5-2/h1H,4H2,(H,5,8). The van der Waals surface area contributed by atoms with Crippen molar-refractivity contribution in [1.29, 1.82) is 0 Å². The van der Waals surface area contributed by atoms with Gasteiger partial charge in [0.05, 0.1) is 5.41 Å². The summed E-state index contributed by atoms with van der Waals surface area (Å²) in [4.78, 5) is 0. The van der Waals surface area contributed by atoms with Crippen LogP contribution in [0.3, 0.4) is 0 Å². The average Bonchev–Trinajstić information content (AvgIpc) is 1.79. The van der Waals surface area contributed by atoms with Crippen molar-refractivity contribution >= 4 is 26.4 Å². The molecule has 1 rings (SSSR count). The van der Waals surface area contributed by atoms with Crippen LogP contribution in [-0.4, -0.2) is 12.7 Å². The summed E-state index contributed by atoms with van der Waals surface area (Å²) < 4.78 is 21.0. The second-order valence-electron chi connectivity index (χ2n) is 1.53. The highest BCUT2D eigenvalue weighted by atomic mass is 32.2. The van der Waals surface area contributed by atoms with Crippen LogP contribution >= 0.6 is 12.2 Å². The Labute approximate surface area is 57.6 Å². The third-order valence-corrected chi connectivity index (χ3v) is 2.77. The first-order valence-corrected chi connectivity index (χ1v) is 4.01. The van der Waals surface area contributed by atoms with Gasteiger partial charge >= 0.3 is 0 Å². The summed E-state index contributed by atoms with van der Waals surface area (Å²) in [5.41, 5.74) is 5.08. The first-order valence-electron chi connectivity index (χ1n) is 2.05. The van der Waals surface area contributed by atoms with E-state index in [1.165, 1.54) is 0 Å². The minimum Gasteiger partial charge on any atom is -0.385 e. The van der Waals surface area contributed by atoms with Crippen molar-refractivity contribution in [3.63, 3.8) is 0 Å². The predicted molar refractivity (Wildman–Crippen MR) is 36.9 cm³/mol.